The number of rotatable bonds is 8. The molecule has 3 aromatic carbocycles. The standard InChI is InChI=1S/C25H25Cl2N3O4S/c1-16(2)28-25(32)20-6-4-5-7-23(20)29-24(31)15-30(18-10-13-21(26)22(27)14-18)35(33,34)19-11-8-17(3)9-12-19/h4-14,16H,15H2,1-3H3,(H,28,32)(H,29,31). The lowest BCUT2D eigenvalue weighted by molar-refractivity contribution is -0.114. The van der Waals surface area contributed by atoms with Crippen molar-refractivity contribution in [2.75, 3.05) is 16.2 Å². The number of hydrogen-bond acceptors (Lipinski definition) is 4. The van der Waals surface area contributed by atoms with Gasteiger partial charge >= 0.3 is 0 Å². The summed E-state index contributed by atoms with van der Waals surface area (Å²) in [6.45, 7) is 4.93. The van der Waals surface area contributed by atoms with Crippen molar-refractivity contribution in [1.29, 1.82) is 0 Å². The number of carbonyl (C=O) groups is 2. The molecule has 0 aromatic heterocycles. The predicted octanol–water partition coefficient (Wildman–Crippen LogP) is 5.27. The Labute approximate surface area is 215 Å². The van der Waals surface area contributed by atoms with Gasteiger partial charge in [0, 0.05) is 6.04 Å². The van der Waals surface area contributed by atoms with E-state index in [1.165, 1.54) is 30.3 Å². The zero-order valence-corrected chi connectivity index (χ0v) is 21.7. The Morgan fingerprint density at radius 2 is 1.60 bits per heavy atom. The summed E-state index contributed by atoms with van der Waals surface area (Å²) in [5.74, 6) is -0.999. The number of nitrogens with one attached hydrogen (secondary N) is 2. The van der Waals surface area contributed by atoms with Crippen LogP contribution in [0.1, 0.15) is 29.8 Å². The first kappa shape index (κ1) is 26.5. The Morgan fingerprint density at radius 1 is 0.943 bits per heavy atom. The monoisotopic (exact) mass is 533 g/mol. The van der Waals surface area contributed by atoms with E-state index in [0.717, 1.165) is 9.87 Å². The summed E-state index contributed by atoms with van der Waals surface area (Å²) in [4.78, 5) is 25.6. The summed E-state index contributed by atoms with van der Waals surface area (Å²) >= 11 is 12.2. The van der Waals surface area contributed by atoms with Gasteiger partial charge in [-0.3, -0.25) is 13.9 Å². The number of aryl methyl sites for hydroxylation is 1. The zero-order chi connectivity index (χ0) is 25.8. The summed E-state index contributed by atoms with van der Waals surface area (Å²) in [5.41, 5.74) is 1.58. The average Bonchev–Trinajstić information content (AvgIpc) is 2.79. The first-order valence-electron chi connectivity index (χ1n) is 10.7. The van der Waals surface area contributed by atoms with E-state index < -0.39 is 22.5 Å². The molecule has 10 heteroatoms. The number of amides is 2. The fourth-order valence-electron chi connectivity index (χ4n) is 3.24. The van der Waals surface area contributed by atoms with Crippen LogP contribution in [0.4, 0.5) is 11.4 Å². The van der Waals surface area contributed by atoms with Crippen molar-refractivity contribution in [1.82, 2.24) is 5.32 Å². The number of carbonyl (C=O) groups excluding carboxylic acids is 2. The van der Waals surface area contributed by atoms with E-state index in [1.807, 2.05) is 20.8 Å². The molecule has 0 aliphatic rings. The molecule has 0 aliphatic carbocycles. The summed E-state index contributed by atoms with van der Waals surface area (Å²) < 4.78 is 28.0. The van der Waals surface area contributed by atoms with Crippen LogP contribution in [0.2, 0.25) is 10.0 Å². The highest BCUT2D eigenvalue weighted by Gasteiger charge is 2.28. The van der Waals surface area contributed by atoms with Crippen LogP contribution in [0.3, 0.4) is 0 Å². The average molecular weight is 534 g/mol. The Hall–Kier alpha value is -3.07. The molecule has 0 atom stereocenters. The highest BCUT2D eigenvalue weighted by molar-refractivity contribution is 7.92. The fourth-order valence-corrected chi connectivity index (χ4v) is 4.95. The Morgan fingerprint density at radius 3 is 2.23 bits per heavy atom. The zero-order valence-electron chi connectivity index (χ0n) is 19.4. The molecule has 0 bridgehead atoms. The van der Waals surface area contributed by atoms with Gasteiger partial charge in [0.2, 0.25) is 5.91 Å². The van der Waals surface area contributed by atoms with Crippen LogP contribution in [0.15, 0.2) is 71.6 Å². The fraction of sp³-hybridized carbons (Fsp3) is 0.200. The highest BCUT2D eigenvalue weighted by atomic mass is 35.5. The molecular weight excluding hydrogens is 509 g/mol. The topological polar surface area (TPSA) is 95.6 Å². The first-order valence-corrected chi connectivity index (χ1v) is 12.9. The molecular formula is C25H25Cl2N3O4S. The number of sulfonamides is 1. The van der Waals surface area contributed by atoms with Crippen molar-refractivity contribution >= 4 is 56.4 Å². The van der Waals surface area contributed by atoms with Crippen molar-refractivity contribution < 1.29 is 18.0 Å². The van der Waals surface area contributed by atoms with E-state index in [4.69, 9.17) is 23.2 Å². The number of para-hydroxylation sites is 1. The van der Waals surface area contributed by atoms with E-state index in [9.17, 15) is 18.0 Å². The number of nitrogens with zero attached hydrogens (tertiary/aromatic N) is 1. The molecule has 3 rings (SSSR count). The molecule has 0 saturated carbocycles. The highest BCUT2D eigenvalue weighted by Crippen LogP contribution is 2.30. The molecule has 184 valence electrons. The van der Waals surface area contributed by atoms with E-state index >= 15 is 0 Å². The first-order chi connectivity index (χ1) is 16.5. The van der Waals surface area contributed by atoms with Crippen LogP contribution in [0.5, 0.6) is 0 Å². The van der Waals surface area contributed by atoms with Gasteiger partial charge in [0.15, 0.2) is 0 Å². The summed E-state index contributed by atoms with van der Waals surface area (Å²) in [6, 6.07) is 17.0. The Balaban J connectivity index is 1.96. The maximum absolute atomic E-state index is 13.5. The van der Waals surface area contributed by atoms with Gasteiger partial charge < -0.3 is 10.6 Å². The Kier molecular flexibility index (Phi) is 8.43. The van der Waals surface area contributed by atoms with Crippen LogP contribution in [-0.2, 0) is 14.8 Å². The predicted molar refractivity (Wildman–Crippen MR) is 140 cm³/mol. The van der Waals surface area contributed by atoms with Gasteiger partial charge in [-0.2, -0.15) is 0 Å². The number of anilines is 2. The van der Waals surface area contributed by atoms with Gasteiger partial charge in [-0.05, 0) is 63.2 Å². The van der Waals surface area contributed by atoms with Crippen molar-refractivity contribution in [2.24, 2.45) is 0 Å². The van der Waals surface area contributed by atoms with Gasteiger partial charge in [-0.15, -0.1) is 0 Å². The van der Waals surface area contributed by atoms with E-state index in [0.29, 0.717) is 0 Å². The van der Waals surface area contributed by atoms with Crippen molar-refractivity contribution in [2.45, 2.75) is 31.7 Å². The second-order valence-corrected chi connectivity index (χ2v) is 10.8. The third-order valence-electron chi connectivity index (χ3n) is 4.95. The summed E-state index contributed by atoms with van der Waals surface area (Å²) in [5, 5.41) is 5.83. The smallest absolute Gasteiger partial charge is 0.264 e. The minimum atomic E-state index is -4.14. The molecule has 0 aliphatic heterocycles. The maximum Gasteiger partial charge on any atom is 0.264 e. The largest absolute Gasteiger partial charge is 0.350 e. The molecule has 0 radical (unpaired) electrons. The molecule has 0 unspecified atom stereocenters. The van der Waals surface area contributed by atoms with E-state index in [2.05, 4.69) is 10.6 Å². The Bertz CT molecular complexity index is 1340. The maximum atomic E-state index is 13.5. The van der Waals surface area contributed by atoms with Crippen molar-refractivity contribution in [3.05, 3.63) is 87.9 Å². The summed E-state index contributed by atoms with van der Waals surface area (Å²) in [6.07, 6.45) is 0. The third kappa shape index (κ3) is 6.54. The van der Waals surface area contributed by atoms with Crippen LogP contribution in [-0.4, -0.2) is 32.8 Å². The molecule has 2 amide bonds. The van der Waals surface area contributed by atoms with Gasteiger partial charge in [0.05, 0.1) is 31.9 Å². The van der Waals surface area contributed by atoms with E-state index in [-0.39, 0.29) is 43.8 Å². The molecule has 0 saturated heterocycles. The van der Waals surface area contributed by atoms with Crippen LogP contribution >= 0.6 is 23.2 Å². The van der Waals surface area contributed by atoms with Gasteiger partial charge in [-0.1, -0.05) is 53.0 Å². The quantitative estimate of drug-likeness (QED) is 0.412. The summed E-state index contributed by atoms with van der Waals surface area (Å²) in [7, 11) is -4.14. The van der Waals surface area contributed by atoms with E-state index in [1.54, 1.807) is 36.4 Å². The number of hydrogen-bond donors (Lipinski definition) is 2. The number of halogens is 2. The second kappa shape index (κ2) is 11.1. The van der Waals surface area contributed by atoms with Gasteiger partial charge in [0.1, 0.15) is 6.54 Å². The van der Waals surface area contributed by atoms with Crippen molar-refractivity contribution in [3.63, 3.8) is 0 Å². The van der Waals surface area contributed by atoms with Crippen LogP contribution in [0, 0.1) is 6.92 Å². The van der Waals surface area contributed by atoms with Crippen LogP contribution < -0.4 is 14.9 Å². The molecule has 0 fully saturated rings. The third-order valence-corrected chi connectivity index (χ3v) is 7.48. The lowest BCUT2D eigenvalue weighted by Crippen LogP contribution is -2.38. The SMILES string of the molecule is Cc1ccc(S(=O)(=O)N(CC(=O)Nc2ccccc2C(=O)NC(C)C)c2ccc(Cl)c(Cl)c2)cc1. The van der Waals surface area contributed by atoms with Crippen LogP contribution in [0.25, 0.3) is 0 Å². The second-order valence-electron chi connectivity index (χ2n) is 8.15. The van der Waals surface area contributed by atoms with Crippen molar-refractivity contribution in [3.8, 4) is 0 Å². The minimum absolute atomic E-state index is 0.0127. The van der Waals surface area contributed by atoms with Gasteiger partial charge in [-0.25, -0.2) is 8.42 Å². The molecule has 2 N–H and O–H groups in total. The molecule has 0 heterocycles. The lowest BCUT2D eigenvalue weighted by atomic mass is 10.1. The molecule has 7 nitrogen and oxygen atoms in total. The van der Waals surface area contributed by atoms with Gasteiger partial charge in [0.25, 0.3) is 15.9 Å². The normalized spacial score (nSPS) is 11.3. The molecule has 0 spiro atoms. The lowest BCUT2D eigenvalue weighted by Gasteiger charge is -2.25. The molecule has 35 heavy (non-hydrogen) atoms. The number of benzene rings is 3. The minimum Gasteiger partial charge on any atom is -0.350 e. The molecule has 3 aromatic rings.